The summed E-state index contributed by atoms with van der Waals surface area (Å²) in [5.41, 5.74) is 3.40. The van der Waals surface area contributed by atoms with Crippen LogP contribution in [0.1, 0.15) is 29.7 Å². The molecule has 1 unspecified atom stereocenters. The van der Waals surface area contributed by atoms with Crippen molar-refractivity contribution >= 4 is 17.7 Å². The molecule has 158 valence electrons. The summed E-state index contributed by atoms with van der Waals surface area (Å²) in [4.78, 5) is 12.6. The van der Waals surface area contributed by atoms with Crippen LogP contribution in [0.2, 0.25) is 0 Å². The molecule has 0 saturated carbocycles. The van der Waals surface area contributed by atoms with Crippen molar-refractivity contribution in [3.63, 3.8) is 0 Å². The summed E-state index contributed by atoms with van der Waals surface area (Å²) in [6.45, 7) is 4.64. The number of furan rings is 1. The number of aromatic nitrogens is 3. The minimum absolute atomic E-state index is 0.0467. The Morgan fingerprint density at radius 2 is 1.84 bits per heavy atom. The van der Waals surface area contributed by atoms with Crippen LogP contribution in [-0.4, -0.2) is 26.4 Å². The van der Waals surface area contributed by atoms with Crippen molar-refractivity contribution in [3.05, 3.63) is 89.7 Å². The molecule has 4 aromatic rings. The first-order chi connectivity index (χ1) is 15.1. The number of hydrogen-bond acceptors (Lipinski definition) is 5. The molecule has 2 heterocycles. The molecule has 0 fully saturated rings. The van der Waals surface area contributed by atoms with E-state index in [2.05, 4.69) is 40.6 Å². The van der Waals surface area contributed by atoms with Crippen LogP contribution in [-0.2, 0) is 11.3 Å². The lowest BCUT2D eigenvalue weighted by Crippen LogP contribution is -2.28. The Balaban J connectivity index is 1.48. The van der Waals surface area contributed by atoms with Crippen molar-refractivity contribution in [3.8, 4) is 11.6 Å². The Labute approximate surface area is 185 Å². The number of carbonyl (C=O) groups excluding carboxylic acids is 1. The van der Waals surface area contributed by atoms with E-state index < -0.39 is 0 Å². The summed E-state index contributed by atoms with van der Waals surface area (Å²) in [7, 11) is 0. The van der Waals surface area contributed by atoms with Gasteiger partial charge in [0.15, 0.2) is 10.9 Å². The Kier molecular flexibility index (Phi) is 6.52. The fourth-order valence-electron chi connectivity index (χ4n) is 3.46. The number of nitrogens with zero attached hydrogens (tertiary/aromatic N) is 3. The minimum atomic E-state index is -0.0600. The molecule has 31 heavy (non-hydrogen) atoms. The van der Waals surface area contributed by atoms with E-state index in [-0.39, 0.29) is 17.7 Å². The zero-order valence-corrected chi connectivity index (χ0v) is 18.3. The van der Waals surface area contributed by atoms with Gasteiger partial charge in [0.05, 0.1) is 24.6 Å². The highest BCUT2D eigenvalue weighted by molar-refractivity contribution is 7.99. The van der Waals surface area contributed by atoms with Gasteiger partial charge in [0.1, 0.15) is 0 Å². The number of hydrogen-bond donors (Lipinski definition) is 1. The maximum atomic E-state index is 12.6. The third-order valence-corrected chi connectivity index (χ3v) is 5.97. The lowest BCUT2D eigenvalue weighted by Gasteiger charge is -2.16. The van der Waals surface area contributed by atoms with Gasteiger partial charge >= 0.3 is 0 Å². The van der Waals surface area contributed by atoms with Gasteiger partial charge in [-0.2, -0.15) is 0 Å². The second kappa shape index (κ2) is 9.66. The summed E-state index contributed by atoms with van der Waals surface area (Å²) in [6, 6.07) is 21.8. The number of carbonyl (C=O) groups is 1. The average Bonchev–Trinajstić information content (AvgIpc) is 3.43. The largest absolute Gasteiger partial charge is 0.461 e. The van der Waals surface area contributed by atoms with Crippen molar-refractivity contribution in [1.29, 1.82) is 0 Å². The summed E-state index contributed by atoms with van der Waals surface area (Å²) in [5, 5.41) is 12.4. The lowest BCUT2D eigenvalue weighted by atomic mass is 10.0. The van der Waals surface area contributed by atoms with E-state index in [0.717, 1.165) is 16.7 Å². The van der Waals surface area contributed by atoms with E-state index in [1.165, 1.54) is 11.8 Å². The van der Waals surface area contributed by atoms with Crippen LogP contribution in [0.15, 0.2) is 82.6 Å². The van der Waals surface area contributed by atoms with E-state index in [4.69, 9.17) is 4.42 Å². The highest BCUT2D eigenvalue weighted by Gasteiger charge is 2.18. The van der Waals surface area contributed by atoms with E-state index in [1.54, 1.807) is 6.26 Å². The van der Waals surface area contributed by atoms with Gasteiger partial charge in [0.25, 0.3) is 0 Å². The molecule has 1 amide bonds. The second-order valence-electron chi connectivity index (χ2n) is 7.29. The second-order valence-corrected chi connectivity index (χ2v) is 8.23. The maximum absolute atomic E-state index is 12.6. The predicted octanol–water partition coefficient (Wildman–Crippen LogP) is 4.86. The third-order valence-electron chi connectivity index (χ3n) is 5.01. The Bertz CT molecular complexity index is 1140. The molecule has 0 radical (unpaired) electrons. The van der Waals surface area contributed by atoms with Gasteiger partial charge in [-0.3, -0.25) is 9.36 Å². The highest BCUT2D eigenvalue weighted by Crippen LogP contribution is 2.26. The molecule has 4 rings (SSSR count). The van der Waals surface area contributed by atoms with Gasteiger partial charge in [-0.25, -0.2) is 0 Å². The van der Waals surface area contributed by atoms with Crippen LogP contribution < -0.4 is 5.32 Å². The SMILES string of the molecule is Cc1ccccc1C(C)NC(=O)CSc1nnc(-c2ccco2)n1Cc1ccccc1. The summed E-state index contributed by atoms with van der Waals surface area (Å²) in [5.74, 6) is 1.49. The van der Waals surface area contributed by atoms with Crippen molar-refractivity contribution in [2.75, 3.05) is 5.75 Å². The molecule has 7 heteroatoms. The van der Waals surface area contributed by atoms with Gasteiger partial charge in [0.2, 0.25) is 11.7 Å². The number of benzene rings is 2. The van der Waals surface area contributed by atoms with E-state index in [0.29, 0.717) is 23.3 Å². The van der Waals surface area contributed by atoms with Crippen LogP contribution in [0.3, 0.4) is 0 Å². The monoisotopic (exact) mass is 432 g/mol. The van der Waals surface area contributed by atoms with Crippen molar-refractivity contribution < 1.29 is 9.21 Å². The molecule has 1 atom stereocenters. The van der Waals surface area contributed by atoms with Crippen LogP contribution in [0.25, 0.3) is 11.6 Å². The zero-order valence-electron chi connectivity index (χ0n) is 17.5. The molecule has 0 aliphatic heterocycles. The first kappa shape index (κ1) is 20.9. The molecule has 0 aliphatic rings. The Hall–Kier alpha value is -3.32. The molecule has 2 aromatic carbocycles. The van der Waals surface area contributed by atoms with E-state index >= 15 is 0 Å². The summed E-state index contributed by atoms with van der Waals surface area (Å²) >= 11 is 1.37. The Morgan fingerprint density at radius 1 is 1.06 bits per heavy atom. The van der Waals surface area contributed by atoms with Crippen LogP contribution in [0, 0.1) is 6.92 Å². The molecule has 2 aromatic heterocycles. The van der Waals surface area contributed by atoms with Crippen LogP contribution >= 0.6 is 11.8 Å². The van der Waals surface area contributed by atoms with Gasteiger partial charge in [-0.1, -0.05) is 66.4 Å². The normalized spacial score (nSPS) is 11.9. The molecule has 6 nitrogen and oxygen atoms in total. The Morgan fingerprint density at radius 3 is 2.58 bits per heavy atom. The van der Waals surface area contributed by atoms with Gasteiger partial charge in [-0.05, 0) is 42.7 Å². The van der Waals surface area contributed by atoms with E-state index in [9.17, 15) is 4.79 Å². The first-order valence-corrected chi connectivity index (χ1v) is 11.1. The molecular weight excluding hydrogens is 408 g/mol. The molecule has 0 aliphatic carbocycles. The zero-order chi connectivity index (χ0) is 21.6. The van der Waals surface area contributed by atoms with Crippen molar-refractivity contribution in [2.24, 2.45) is 0 Å². The lowest BCUT2D eigenvalue weighted by molar-refractivity contribution is -0.119. The quantitative estimate of drug-likeness (QED) is 0.402. The van der Waals surface area contributed by atoms with Crippen LogP contribution in [0.5, 0.6) is 0 Å². The van der Waals surface area contributed by atoms with Crippen LogP contribution in [0.4, 0.5) is 0 Å². The molecular formula is C24H24N4O2S. The molecule has 0 spiro atoms. The third kappa shape index (κ3) is 5.06. The number of rotatable bonds is 8. The van der Waals surface area contributed by atoms with Gasteiger partial charge < -0.3 is 9.73 Å². The minimum Gasteiger partial charge on any atom is -0.461 e. The molecule has 0 saturated heterocycles. The fourth-order valence-corrected chi connectivity index (χ4v) is 4.20. The predicted molar refractivity (Wildman–Crippen MR) is 122 cm³/mol. The number of thioether (sulfide) groups is 1. The summed E-state index contributed by atoms with van der Waals surface area (Å²) < 4.78 is 7.52. The first-order valence-electron chi connectivity index (χ1n) is 10.1. The topological polar surface area (TPSA) is 73.0 Å². The number of amides is 1. The van der Waals surface area contributed by atoms with Gasteiger partial charge in [-0.15, -0.1) is 10.2 Å². The standard InChI is InChI=1S/C24H24N4O2S/c1-17-9-6-7-12-20(17)18(2)25-22(29)16-31-24-27-26-23(21-13-8-14-30-21)28(24)15-19-10-4-3-5-11-19/h3-14,18H,15-16H2,1-2H3,(H,25,29). The van der Waals surface area contributed by atoms with Crippen molar-refractivity contribution in [1.82, 2.24) is 20.1 Å². The van der Waals surface area contributed by atoms with Gasteiger partial charge in [0, 0.05) is 0 Å². The smallest absolute Gasteiger partial charge is 0.230 e. The molecule has 0 bridgehead atoms. The highest BCUT2D eigenvalue weighted by atomic mass is 32.2. The maximum Gasteiger partial charge on any atom is 0.230 e. The van der Waals surface area contributed by atoms with E-state index in [1.807, 2.05) is 60.0 Å². The number of aryl methyl sites for hydroxylation is 1. The average molecular weight is 433 g/mol. The fraction of sp³-hybridized carbons (Fsp3) is 0.208. The summed E-state index contributed by atoms with van der Waals surface area (Å²) in [6.07, 6.45) is 1.62. The molecule has 1 N–H and O–H groups in total. The number of nitrogens with one attached hydrogen (secondary N) is 1. The van der Waals surface area contributed by atoms with Crippen molar-refractivity contribution in [2.45, 2.75) is 31.6 Å².